The van der Waals surface area contributed by atoms with Crippen molar-refractivity contribution in [2.24, 2.45) is 17.6 Å². The second kappa shape index (κ2) is 12.8. The monoisotopic (exact) mass is 392 g/mol. The van der Waals surface area contributed by atoms with Gasteiger partial charge in [0.15, 0.2) is 0 Å². The number of aliphatic hydroxyl groups excluding tert-OH is 2. The van der Waals surface area contributed by atoms with Crippen LogP contribution < -0.4 is 11.1 Å². The third-order valence-electron chi connectivity index (χ3n) is 5.86. The maximum Gasteiger partial charge on any atom is 0.407 e. The van der Waals surface area contributed by atoms with Gasteiger partial charge in [-0.1, -0.05) is 56.0 Å². The van der Waals surface area contributed by atoms with Crippen LogP contribution in [0.5, 0.6) is 0 Å². The van der Waals surface area contributed by atoms with Crippen molar-refractivity contribution in [2.75, 3.05) is 13.2 Å². The number of rotatable bonds is 5. The summed E-state index contributed by atoms with van der Waals surface area (Å²) in [5.74, 6) is 0.553. The van der Waals surface area contributed by atoms with Gasteiger partial charge in [0.2, 0.25) is 0 Å². The van der Waals surface area contributed by atoms with E-state index in [2.05, 4.69) is 5.32 Å². The zero-order chi connectivity index (χ0) is 20.2. The molecular formula is C22H36N2O4. The van der Waals surface area contributed by atoms with Gasteiger partial charge in [-0.05, 0) is 37.2 Å². The lowest BCUT2D eigenvalue weighted by molar-refractivity contribution is 0.113. The zero-order valence-corrected chi connectivity index (χ0v) is 16.8. The Balaban J connectivity index is 0.000000261. The number of carbonyl (C=O) groups is 1. The van der Waals surface area contributed by atoms with E-state index >= 15 is 0 Å². The number of hydrogen-bond donors (Lipinski definition) is 4. The molecule has 0 aromatic heterocycles. The van der Waals surface area contributed by atoms with Crippen LogP contribution in [-0.4, -0.2) is 41.6 Å². The molecular weight excluding hydrogens is 356 g/mol. The fraction of sp³-hybridized carbons (Fsp3) is 0.682. The van der Waals surface area contributed by atoms with Crippen LogP contribution in [0.4, 0.5) is 4.79 Å². The molecule has 6 nitrogen and oxygen atoms in total. The van der Waals surface area contributed by atoms with Crippen molar-refractivity contribution in [2.45, 2.75) is 70.1 Å². The Morgan fingerprint density at radius 3 is 2.18 bits per heavy atom. The van der Waals surface area contributed by atoms with E-state index < -0.39 is 6.09 Å². The molecule has 0 unspecified atom stereocenters. The Kier molecular flexibility index (Phi) is 10.3. The fourth-order valence-electron chi connectivity index (χ4n) is 4.00. The lowest BCUT2D eigenvalue weighted by Gasteiger charge is -2.30. The highest BCUT2D eigenvalue weighted by Gasteiger charge is 2.26. The maximum absolute atomic E-state index is 11.7. The number of amides is 1. The summed E-state index contributed by atoms with van der Waals surface area (Å²) in [6, 6.07) is 9.91. The largest absolute Gasteiger partial charge is 0.445 e. The average Bonchev–Trinajstić information content (AvgIpc) is 2.74. The number of carbonyl (C=O) groups excluding carboxylic acids is 1. The van der Waals surface area contributed by atoms with Crippen molar-refractivity contribution in [3.63, 3.8) is 0 Å². The minimum absolute atomic E-state index is 0.0435. The third-order valence-corrected chi connectivity index (χ3v) is 5.86. The van der Waals surface area contributed by atoms with E-state index in [4.69, 9.17) is 15.6 Å². The Bertz CT molecular complexity index is 555. The lowest BCUT2D eigenvalue weighted by Crippen LogP contribution is -2.43. The summed E-state index contributed by atoms with van der Waals surface area (Å²) in [6.45, 7) is 0.688. The number of alkyl carbamates (subject to hydrolysis) is 1. The predicted molar refractivity (Wildman–Crippen MR) is 110 cm³/mol. The minimum atomic E-state index is -0.394. The third kappa shape index (κ3) is 7.78. The number of ether oxygens (including phenoxy) is 1. The van der Waals surface area contributed by atoms with Crippen molar-refractivity contribution in [1.82, 2.24) is 5.32 Å². The second-order valence-electron chi connectivity index (χ2n) is 7.93. The Morgan fingerprint density at radius 1 is 0.964 bits per heavy atom. The van der Waals surface area contributed by atoms with Gasteiger partial charge in [-0.3, -0.25) is 0 Å². The minimum Gasteiger partial charge on any atom is -0.445 e. The average molecular weight is 393 g/mol. The first-order valence-electron chi connectivity index (χ1n) is 10.6. The molecule has 28 heavy (non-hydrogen) atoms. The highest BCUT2D eigenvalue weighted by Crippen LogP contribution is 2.24. The Hall–Kier alpha value is -1.63. The standard InChI is InChI=1S/C15H21NO3.C7H15NO/c17-10-13-8-4-5-9-14(13)16-15(18)19-11-12-6-2-1-3-7-12;8-7-4-2-1-3-6(7)5-9/h1-3,6-7,13-14,17H,4-5,8-11H2,(H,16,18);6-7,9H,1-5,8H2/t13-,14+;6-,7+/m00/s1. The van der Waals surface area contributed by atoms with Gasteiger partial charge in [-0.2, -0.15) is 0 Å². The molecule has 3 rings (SSSR count). The van der Waals surface area contributed by atoms with Crippen molar-refractivity contribution in [3.8, 4) is 0 Å². The molecule has 2 fully saturated rings. The highest BCUT2D eigenvalue weighted by molar-refractivity contribution is 5.67. The first-order chi connectivity index (χ1) is 13.6. The van der Waals surface area contributed by atoms with Crippen LogP contribution in [0.15, 0.2) is 30.3 Å². The second-order valence-corrected chi connectivity index (χ2v) is 7.93. The quantitative estimate of drug-likeness (QED) is 0.617. The van der Waals surface area contributed by atoms with Gasteiger partial charge in [-0.15, -0.1) is 0 Å². The van der Waals surface area contributed by atoms with Crippen LogP contribution >= 0.6 is 0 Å². The number of aliphatic hydroxyl groups is 2. The van der Waals surface area contributed by atoms with Gasteiger partial charge in [0, 0.05) is 31.2 Å². The molecule has 0 saturated heterocycles. The molecule has 0 radical (unpaired) electrons. The number of hydrogen-bond acceptors (Lipinski definition) is 5. The van der Waals surface area contributed by atoms with Gasteiger partial charge in [-0.25, -0.2) is 4.79 Å². The van der Waals surface area contributed by atoms with Gasteiger partial charge < -0.3 is 26.0 Å². The summed E-state index contributed by atoms with van der Waals surface area (Å²) in [7, 11) is 0. The van der Waals surface area contributed by atoms with Crippen LogP contribution in [0, 0.1) is 11.8 Å². The predicted octanol–water partition coefficient (Wildman–Crippen LogP) is 2.96. The van der Waals surface area contributed by atoms with Crippen molar-refractivity contribution < 1.29 is 19.7 Å². The molecule has 5 N–H and O–H groups in total. The normalized spacial score (nSPS) is 27.2. The van der Waals surface area contributed by atoms with E-state index in [0.717, 1.165) is 44.1 Å². The highest BCUT2D eigenvalue weighted by atomic mass is 16.5. The van der Waals surface area contributed by atoms with Crippen LogP contribution in [-0.2, 0) is 11.3 Å². The Morgan fingerprint density at radius 2 is 1.57 bits per heavy atom. The summed E-state index contributed by atoms with van der Waals surface area (Å²) < 4.78 is 5.19. The van der Waals surface area contributed by atoms with Crippen LogP contribution in [0.2, 0.25) is 0 Å². The molecule has 1 aromatic rings. The number of benzene rings is 1. The van der Waals surface area contributed by atoms with Gasteiger partial charge >= 0.3 is 6.09 Å². The van der Waals surface area contributed by atoms with E-state index in [-0.39, 0.29) is 37.8 Å². The smallest absolute Gasteiger partial charge is 0.407 e. The molecule has 4 atom stereocenters. The topological polar surface area (TPSA) is 105 Å². The summed E-state index contributed by atoms with van der Waals surface area (Å²) >= 11 is 0. The molecule has 2 aliphatic rings. The van der Waals surface area contributed by atoms with E-state index in [0.29, 0.717) is 5.92 Å². The molecule has 1 aromatic carbocycles. The van der Waals surface area contributed by atoms with Crippen molar-refractivity contribution in [1.29, 1.82) is 0 Å². The summed E-state index contributed by atoms with van der Waals surface area (Å²) in [4.78, 5) is 11.7. The number of nitrogens with two attached hydrogens (primary N) is 1. The molecule has 2 saturated carbocycles. The molecule has 0 heterocycles. The molecule has 158 valence electrons. The maximum atomic E-state index is 11.7. The van der Waals surface area contributed by atoms with E-state index in [1.165, 1.54) is 12.8 Å². The summed E-state index contributed by atoms with van der Waals surface area (Å²) in [5.41, 5.74) is 6.70. The van der Waals surface area contributed by atoms with Crippen molar-refractivity contribution in [3.05, 3.63) is 35.9 Å². The van der Waals surface area contributed by atoms with E-state index in [1.54, 1.807) is 0 Å². The van der Waals surface area contributed by atoms with E-state index in [1.807, 2.05) is 30.3 Å². The zero-order valence-electron chi connectivity index (χ0n) is 16.8. The van der Waals surface area contributed by atoms with Crippen LogP contribution in [0.3, 0.4) is 0 Å². The fourth-order valence-corrected chi connectivity index (χ4v) is 4.00. The van der Waals surface area contributed by atoms with Gasteiger partial charge in [0.05, 0.1) is 0 Å². The SMILES string of the molecule is N[C@@H]1CCCC[C@H]1CO.O=C(N[C@@H]1CCCC[C@H]1CO)OCc1ccccc1. The summed E-state index contributed by atoms with van der Waals surface area (Å²) in [5, 5.41) is 20.9. The van der Waals surface area contributed by atoms with Crippen LogP contribution in [0.1, 0.15) is 56.9 Å². The lowest BCUT2D eigenvalue weighted by atomic mass is 9.85. The first-order valence-corrected chi connectivity index (χ1v) is 10.6. The van der Waals surface area contributed by atoms with Crippen molar-refractivity contribution >= 4 is 6.09 Å². The Labute approximate surface area is 168 Å². The number of nitrogens with one attached hydrogen (secondary N) is 1. The summed E-state index contributed by atoms with van der Waals surface area (Å²) in [6.07, 6.45) is 8.45. The molecule has 0 spiro atoms. The molecule has 2 aliphatic carbocycles. The molecule has 1 amide bonds. The van der Waals surface area contributed by atoms with Gasteiger partial charge in [0.1, 0.15) is 6.61 Å². The molecule has 0 aliphatic heterocycles. The van der Waals surface area contributed by atoms with E-state index in [9.17, 15) is 9.90 Å². The molecule has 0 bridgehead atoms. The molecule has 6 heteroatoms. The first kappa shape index (κ1) is 22.7. The van der Waals surface area contributed by atoms with Crippen LogP contribution in [0.25, 0.3) is 0 Å². The van der Waals surface area contributed by atoms with Gasteiger partial charge in [0.25, 0.3) is 0 Å².